The molecule has 3 aromatic rings. The normalized spacial score (nSPS) is 11.9. The van der Waals surface area contributed by atoms with Crippen molar-refractivity contribution in [3.63, 3.8) is 0 Å². The Hall–Kier alpha value is -2.77. The van der Waals surface area contributed by atoms with Crippen LogP contribution in [0.3, 0.4) is 0 Å². The topological polar surface area (TPSA) is 47.8 Å². The van der Waals surface area contributed by atoms with Crippen LogP contribution in [0, 0.1) is 5.82 Å². The molecule has 0 saturated heterocycles. The first-order valence-electron chi connectivity index (χ1n) is 6.46. The van der Waals surface area contributed by atoms with Crippen molar-refractivity contribution in [1.82, 2.24) is 14.5 Å². The molecule has 0 N–H and O–H groups in total. The SMILES string of the molecule is Cn1ccc2cc(-c3cnc(C(F)(F)F)cn3)c(F)cc2c1=O. The van der Waals surface area contributed by atoms with E-state index in [1.165, 1.54) is 23.9 Å². The summed E-state index contributed by atoms with van der Waals surface area (Å²) in [6.07, 6.45) is -1.69. The van der Waals surface area contributed by atoms with E-state index >= 15 is 0 Å². The van der Waals surface area contributed by atoms with Crippen molar-refractivity contribution >= 4 is 10.8 Å². The summed E-state index contributed by atoms with van der Waals surface area (Å²) >= 11 is 0. The molecule has 0 amide bonds. The van der Waals surface area contributed by atoms with E-state index in [9.17, 15) is 22.4 Å². The minimum Gasteiger partial charge on any atom is -0.318 e. The van der Waals surface area contributed by atoms with Crippen molar-refractivity contribution in [1.29, 1.82) is 0 Å². The zero-order valence-electron chi connectivity index (χ0n) is 11.7. The fourth-order valence-electron chi connectivity index (χ4n) is 2.17. The predicted molar refractivity (Wildman–Crippen MR) is 75.2 cm³/mol. The van der Waals surface area contributed by atoms with E-state index in [0.717, 1.165) is 12.3 Å². The van der Waals surface area contributed by atoms with E-state index in [1.54, 1.807) is 6.07 Å². The Bertz CT molecular complexity index is 946. The van der Waals surface area contributed by atoms with Crippen molar-refractivity contribution in [3.05, 3.63) is 58.7 Å². The van der Waals surface area contributed by atoms with E-state index in [2.05, 4.69) is 9.97 Å². The number of alkyl halides is 3. The van der Waals surface area contributed by atoms with Crippen LogP contribution in [0.1, 0.15) is 5.69 Å². The Balaban J connectivity index is 2.15. The molecule has 0 fully saturated rings. The van der Waals surface area contributed by atoms with Gasteiger partial charge in [0.05, 0.1) is 23.5 Å². The summed E-state index contributed by atoms with van der Waals surface area (Å²) < 4.78 is 53.0. The van der Waals surface area contributed by atoms with Gasteiger partial charge in [-0.2, -0.15) is 13.2 Å². The molecule has 1 aromatic carbocycles. The molecule has 4 nitrogen and oxygen atoms in total. The number of benzene rings is 1. The zero-order valence-corrected chi connectivity index (χ0v) is 11.7. The summed E-state index contributed by atoms with van der Waals surface area (Å²) in [7, 11) is 1.54. The number of pyridine rings is 1. The summed E-state index contributed by atoms with van der Waals surface area (Å²) in [5.41, 5.74) is -1.59. The highest BCUT2D eigenvalue weighted by Crippen LogP contribution is 2.29. The van der Waals surface area contributed by atoms with Crippen molar-refractivity contribution in [2.24, 2.45) is 7.05 Å². The first kappa shape index (κ1) is 15.1. The fourth-order valence-corrected chi connectivity index (χ4v) is 2.17. The van der Waals surface area contributed by atoms with Gasteiger partial charge >= 0.3 is 6.18 Å². The van der Waals surface area contributed by atoms with Gasteiger partial charge < -0.3 is 4.57 Å². The Morgan fingerprint density at radius 3 is 2.48 bits per heavy atom. The quantitative estimate of drug-likeness (QED) is 0.646. The van der Waals surface area contributed by atoms with Crippen LogP contribution in [-0.4, -0.2) is 14.5 Å². The molecule has 118 valence electrons. The molecule has 0 aliphatic carbocycles. The van der Waals surface area contributed by atoms with Gasteiger partial charge in [0.1, 0.15) is 5.82 Å². The van der Waals surface area contributed by atoms with Crippen LogP contribution >= 0.6 is 0 Å². The van der Waals surface area contributed by atoms with E-state index < -0.39 is 17.7 Å². The predicted octanol–water partition coefficient (Wildman–Crippen LogP) is 3.15. The van der Waals surface area contributed by atoms with Crippen LogP contribution in [-0.2, 0) is 13.2 Å². The highest BCUT2D eigenvalue weighted by molar-refractivity contribution is 5.86. The second kappa shape index (κ2) is 5.15. The Kier molecular flexibility index (Phi) is 3.39. The van der Waals surface area contributed by atoms with E-state index in [4.69, 9.17) is 0 Å². The maximum atomic E-state index is 14.2. The molecule has 3 rings (SSSR count). The number of hydrogen-bond acceptors (Lipinski definition) is 3. The van der Waals surface area contributed by atoms with Gasteiger partial charge in [0.2, 0.25) is 0 Å². The zero-order chi connectivity index (χ0) is 16.8. The maximum absolute atomic E-state index is 14.2. The lowest BCUT2D eigenvalue weighted by atomic mass is 10.1. The third kappa shape index (κ3) is 2.67. The molecule has 0 bridgehead atoms. The molecule has 23 heavy (non-hydrogen) atoms. The summed E-state index contributed by atoms with van der Waals surface area (Å²) in [6, 6.07) is 4.02. The number of aryl methyl sites for hydroxylation is 1. The largest absolute Gasteiger partial charge is 0.434 e. The van der Waals surface area contributed by atoms with E-state index in [-0.39, 0.29) is 22.2 Å². The van der Waals surface area contributed by atoms with E-state index in [1.807, 2.05) is 0 Å². The minimum absolute atomic E-state index is 0.0213. The number of hydrogen-bond donors (Lipinski definition) is 0. The van der Waals surface area contributed by atoms with Crippen LogP contribution in [0.4, 0.5) is 17.6 Å². The molecule has 0 atom stereocenters. The summed E-state index contributed by atoms with van der Waals surface area (Å²) in [4.78, 5) is 18.8. The summed E-state index contributed by atoms with van der Waals surface area (Å²) in [5.74, 6) is -0.755. The number of rotatable bonds is 1. The lowest BCUT2D eigenvalue weighted by Crippen LogP contribution is -2.15. The van der Waals surface area contributed by atoms with Gasteiger partial charge in [0.25, 0.3) is 5.56 Å². The van der Waals surface area contributed by atoms with Gasteiger partial charge in [0, 0.05) is 18.8 Å². The van der Waals surface area contributed by atoms with Crippen molar-refractivity contribution in [3.8, 4) is 11.3 Å². The molecule has 2 heterocycles. The Morgan fingerprint density at radius 1 is 1.13 bits per heavy atom. The van der Waals surface area contributed by atoms with Crippen LogP contribution in [0.15, 0.2) is 41.6 Å². The number of aromatic nitrogens is 3. The highest BCUT2D eigenvalue weighted by Gasteiger charge is 2.32. The monoisotopic (exact) mass is 323 g/mol. The molecule has 0 aliphatic heterocycles. The molecule has 0 aliphatic rings. The van der Waals surface area contributed by atoms with Crippen LogP contribution in [0.25, 0.3) is 22.0 Å². The van der Waals surface area contributed by atoms with Crippen LogP contribution < -0.4 is 5.56 Å². The molecule has 0 radical (unpaired) electrons. The Morgan fingerprint density at radius 2 is 1.87 bits per heavy atom. The lowest BCUT2D eigenvalue weighted by Gasteiger charge is -2.08. The Labute approximate surface area is 127 Å². The van der Waals surface area contributed by atoms with Gasteiger partial charge in [-0.3, -0.25) is 9.78 Å². The minimum atomic E-state index is -4.61. The van der Waals surface area contributed by atoms with Crippen molar-refractivity contribution < 1.29 is 17.6 Å². The maximum Gasteiger partial charge on any atom is 0.434 e. The third-order valence-corrected chi connectivity index (χ3v) is 3.39. The first-order valence-corrected chi connectivity index (χ1v) is 6.46. The molecular formula is C15H9F4N3O. The standard InChI is InChI=1S/C15H9F4N3O/c1-22-3-2-8-4-10(11(16)5-9(8)14(22)23)12-6-21-13(7-20-12)15(17,18)19/h2-7H,1H3. The van der Waals surface area contributed by atoms with Gasteiger partial charge in [-0.15, -0.1) is 0 Å². The van der Waals surface area contributed by atoms with Crippen molar-refractivity contribution in [2.45, 2.75) is 6.18 Å². The number of nitrogens with zero attached hydrogens (tertiary/aromatic N) is 3. The molecule has 8 heteroatoms. The smallest absolute Gasteiger partial charge is 0.318 e. The molecule has 0 saturated carbocycles. The summed E-state index contributed by atoms with van der Waals surface area (Å²) in [5, 5.41) is 0.641. The van der Waals surface area contributed by atoms with Crippen LogP contribution in [0.5, 0.6) is 0 Å². The number of halogens is 4. The van der Waals surface area contributed by atoms with Gasteiger partial charge in [-0.25, -0.2) is 9.37 Å². The average Bonchev–Trinajstić information content (AvgIpc) is 2.50. The second-order valence-corrected chi connectivity index (χ2v) is 4.94. The van der Waals surface area contributed by atoms with Gasteiger partial charge in [-0.05, 0) is 23.6 Å². The van der Waals surface area contributed by atoms with Gasteiger partial charge in [-0.1, -0.05) is 0 Å². The molecule has 0 unspecified atom stereocenters. The second-order valence-electron chi connectivity index (χ2n) is 4.94. The molecular weight excluding hydrogens is 314 g/mol. The first-order chi connectivity index (χ1) is 10.8. The number of fused-ring (bicyclic) bond motifs is 1. The van der Waals surface area contributed by atoms with E-state index in [0.29, 0.717) is 11.6 Å². The van der Waals surface area contributed by atoms with Crippen molar-refractivity contribution in [2.75, 3.05) is 0 Å². The fraction of sp³-hybridized carbons (Fsp3) is 0.133. The molecule has 2 aromatic heterocycles. The third-order valence-electron chi connectivity index (χ3n) is 3.39. The van der Waals surface area contributed by atoms with Gasteiger partial charge in [0.15, 0.2) is 5.69 Å². The average molecular weight is 323 g/mol. The highest BCUT2D eigenvalue weighted by atomic mass is 19.4. The summed E-state index contributed by atoms with van der Waals surface area (Å²) in [6.45, 7) is 0. The lowest BCUT2D eigenvalue weighted by molar-refractivity contribution is -0.141. The molecule has 0 spiro atoms. The van der Waals surface area contributed by atoms with Crippen LogP contribution in [0.2, 0.25) is 0 Å².